The second-order valence-electron chi connectivity index (χ2n) is 5.21. The van der Waals surface area contributed by atoms with Gasteiger partial charge >= 0.3 is 5.97 Å². The van der Waals surface area contributed by atoms with Crippen molar-refractivity contribution in [2.75, 3.05) is 7.11 Å². The molecule has 1 aromatic carbocycles. The van der Waals surface area contributed by atoms with Crippen LogP contribution in [-0.2, 0) is 4.74 Å². The maximum absolute atomic E-state index is 12.2. The van der Waals surface area contributed by atoms with E-state index in [2.05, 4.69) is 10.3 Å². The molecule has 0 fully saturated rings. The van der Waals surface area contributed by atoms with Crippen LogP contribution in [0.1, 0.15) is 39.4 Å². The van der Waals surface area contributed by atoms with Gasteiger partial charge in [-0.3, -0.25) is 9.78 Å². The van der Waals surface area contributed by atoms with E-state index in [1.165, 1.54) is 12.1 Å². The molecule has 0 aliphatic heterocycles. The lowest BCUT2D eigenvalue weighted by Gasteiger charge is -2.24. The Labute approximate surface area is 144 Å². The number of ether oxygens (including phenoxy) is 1. The Morgan fingerprint density at radius 3 is 2.38 bits per heavy atom. The lowest BCUT2D eigenvalue weighted by atomic mass is 10.0. The molecule has 0 spiro atoms. The number of aromatic nitrogens is 1. The second kappa shape index (κ2) is 7.90. The number of carboxylic acids is 1. The molecule has 0 aliphatic carbocycles. The number of rotatable bonds is 6. The molecule has 0 bridgehead atoms. The van der Waals surface area contributed by atoms with Gasteiger partial charge in [-0.05, 0) is 36.8 Å². The molecule has 24 heavy (non-hydrogen) atoms. The number of carbonyl (C=O) groups excluding carboxylic acids is 1. The predicted molar refractivity (Wildman–Crippen MR) is 89.3 cm³/mol. The van der Waals surface area contributed by atoms with E-state index >= 15 is 0 Å². The molecule has 2 N–H and O–H groups in total. The van der Waals surface area contributed by atoms with E-state index in [0.29, 0.717) is 5.02 Å². The number of hydrogen-bond acceptors (Lipinski definition) is 4. The average molecular weight is 349 g/mol. The molecule has 126 valence electrons. The van der Waals surface area contributed by atoms with Gasteiger partial charge in [-0.15, -0.1) is 0 Å². The van der Waals surface area contributed by atoms with Crippen LogP contribution in [0, 0.1) is 0 Å². The van der Waals surface area contributed by atoms with E-state index in [1.807, 2.05) is 19.1 Å². The number of amides is 1. The molecule has 0 aliphatic rings. The van der Waals surface area contributed by atoms with Crippen molar-refractivity contribution < 1.29 is 19.4 Å². The van der Waals surface area contributed by atoms with Crippen LogP contribution >= 0.6 is 11.6 Å². The first-order valence-electron chi connectivity index (χ1n) is 7.21. The predicted octanol–water partition coefficient (Wildman–Crippen LogP) is 2.94. The first kappa shape index (κ1) is 17.9. The molecule has 6 nitrogen and oxygen atoms in total. The highest BCUT2D eigenvalue weighted by Crippen LogP contribution is 2.22. The number of aromatic carboxylic acids is 1. The van der Waals surface area contributed by atoms with Crippen molar-refractivity contribution in [1.29, 1.82) is 0 Å². The van der Waals surface area contributed by atoms with Gasteiger partial charge in [0.1, 0.15) is 11.8 Å². The summed E-state index contributed by atoms with van der Waals surface area (Å²) in [4.78, 5) is 26.9. The van der Waals surface area contributed by atoms with Crippen LogP contribution in [0.2, 0.25) is 5.02 Å². The van der Waals surface area contributed by atoms with E-state index in [1.54, 1.807) is 19.2 Å². The number of nitrogens with one attached hydrogen (secondary N) is 1. The summed E-state index contributed by atoms with van der Waals surface area (Å²) in [7, 11) is 1.56. The Morgan fingerprint density at radius 1 is 1.21 bits per heavy atom. The van der Waals surface area contributed by atoms with Crippen LogP contribution in [0.5, 0.6) is 0 Å². The van der Waals surface area contributed by atoms with E-state index < -0.39 is 11.9 Å². The van der Waals surface area contributed by atoms with E-state index in [0.717, 1.165) is 11.8 Å². The molecule has 0 saturated heterocycles. The summed E-state index contributed by atoms with van der Waals surface area (Å²) in [5.74, 6) is -1.50. The van der Waals surface area contributed by atoms with Gasteiger partial charge < -0.3 is 15.2 Å². The molecule has 7 heteroatoms. The van der Waals surface area contributed by atoms with Crippen molar-refractivity contribution in [3.8, 4) is 0 Å². The van der Waals surface area contributed by atoms with Crippen molar-refractivity contribution in [2.45, 2.75) is 19.1 Å². The highest BCUT2D eigenvalue weighted by atomic mass is 35.5. The fraction of sp³-hybridized carbons (Fsp3) is 0.235. The Morgan fingerprint density at radius 2 is 1.88 bits per heavy atom. The Hall–Kier alpha value is -2.44. The quantitative estimate of drug-likeness (QED) is 0.837. The number of nitrogens with zero attached hydrogens (tertiary/aromatic N) is 1. The zero-order valence-electron chi connectivity index (χ0n) is 13.2. The third-order valence-corrected chi connectivity index (χ3v) is 3.76. The molecule has 2 atom stereocenters. The lowest BCUT2D eigenvalue weighted by molar-refractivity contribution is 0.0641. The molecule has 0 radical (unpaired) electrons. The van der Waals surface area contributed by atoms with E-state index in [4.69, 9.17) is 21.4 Å². The fourth-order valence-electron chi connectivity index (χ4n) is 2.29. The zero-order chi connectivity index (χ0) is 17.7. The average Bonchev–Trinajstić information content (AvgIpc) is 2.57. The summed E-state index contributed by atoms with van der Waals surface area (Å²) in [6, 6.07) is 9.55. The van der Waals surface area contributed by atoms with Crippen molar-refractivity contribution in [3.63, 3.8) is 0 Å². The highest BCUT2D eigenvalue weighted by molar-refractivity contribution is 6.30. The molecule has 2 rings (SSSR count). The number of pyridine rings is 1. The number of halogens is 1. The lowest BCUT2D eigenvalue weighted by Crippen LogP contribution is -2.38. The van der Waals surface area contributed by atoms with Gasteiger partial charge in [0.2, 0.25) is 0 Å². The minimum absolute atomic E-state index is 0.0236. The van der Waals surface area contributed by atoms with Gasteiger partial charge in [-0.1, -0.05) is 23.7 Å². The van der Waals surface area contributed by atoms with E-state index in [9.17, 15) is 9.59 Å². The van der Waals surface area contributed by atoms with Crippen LogP contribution in [0.25, 0.3) is 0 Å². The van der Waals surface area contributed by atoms with Gasteiger partial charge in [0.25, 0.3) is 5.91 Å². The topological polar surface area (TPSA) is 88.5 Å². The number of hydrogen-bond donors (Lipinski definition) is 2. The molecule has 1 aromatic heterocycles. The number of carbonyl (C=O) groups is 2. The van der Waals surface area contributed by atoms with Crippen LogP contribution in [0.4, 0.5) is 0 Å². The maximum Gasteiger partial charge on any atom is 0.337 e. The second-order valence-corrected chi connectivity index (χ2v) is 5.64. The first-order valence-corrected chi connectivity index (χ1v) is 7.58. The summed E-state index contributed by atoms with van der Waals surface area (Å²) in [6.07, 6.45) is 0.791. The molecule has 1 amide bonds. The number of carboxylic acid groups (broad SMARTS) is 1. The van der Waals surface area contributed by atoms with Gasteiger partial charge in [-0.25, -0.2) is 4.79 Å². The standard InChI is InChI=1S/C17H17ClN2O4/c1-10(15(24-2)11-3-6-13(18)7-4-11)20-16(21)14-8-5-12(9-19-14)17(22)23/h3-10,15H,1-2H3,(H,20,21)(H,22,23). The number of methoxy groups -OCH3 is 1. The SMILES string of the molecule is COC(c1ccc(Cl)cc1)C(C)NC(=O)c1ccc(C(=O)O)cn1. The van der Waals surface area contributed by atoms with Crippen LogP contribution in [0.15, 0.2) is 42.6 Å². The van der Waals surface area contributed by atoms with Gasteiger partial charge in [0.15, 0.2) is 0 Å². The first-order chi connectivity index (χ1) is 11.4. The molecular weight excluding hydrogens is 332 g/mol. The maximum atomic E-state index is 12.2. The van der Waals surface area contributed by atoms with Gasteiger partial charge in [0.05, 0.1) is 11.6 Å². The summed E-state index contributed by atoms with van der Waals surface area (Å²) in [6.45, 7) is 1.81. The Kier molecular flexibility index (Phi) is 5.89. The minimum atomic E-state index is -1.09. The monoisotopic (exact) mass is 348 g/mol. The highest BCUT2D eigenvalue weighted by Gasteiger charge is 2.22. The number of benzene rings is 1. The van der Waals surface area contributed by atoms with Crippen molar-refractivity contribution in [1.82, 2.24) is 10.3 Å². The third kappa shape index (κ3) is 4.31. The van der Waals surface area contributed by atoms with Crippen molar-refractivity contribution >= 4 is 23.5 Å². The molecule has 2 aromatic rings. The summed E-state index contributed by atoms with van der Waals surface area (Å²) < 4.78 is 5.47. The van der Waals surface area contributed by atoms with Crippen molar-refractivity contribution in [2.24, 2.45) is 0 Å². The Balaban J connectivity index is 2.08. The fourth-order valence-corrected chi connectivity index (χ4v) is 2.42. The zero-order valence-corrected chi connectivity index (χ0v) is 13.9. The minimum Gasteiger partial charge on any atom is -0.478 e. The molecule has 2 unspecified atom stereocenters. The van der Waals surface area contributed by atoms with Crippen LogP contribution in [0.3, 0.4) is 0 Å². The largest absolute Gasteiger partial charge is 0.478 e. The van der Waals surface area contributed by atoms with Crippen LogP contribution in [-0.4, -0.2) is 35.1 Å². The van der Waals surface area contributed by atoms with Crippen LogP contribution < -0.4 is 5.32 Å². The Bertz CT molecular complexity index is 716. The molecular formula is C17H17ClN2O4. The smallest absolute Gasteiger partial charge is 0.337 e. The normalized spacial score (nSPS) is 13.1. The summed E-state index contributed by atoms with van der Waals surface area (Å²) in [5, 5.41) is 12.3. The third-order valence-electron chi connectivity index (χ3n) is 3.51. The molecule has 0 saturated carbocycles. The van der Waals surface area contributed by atoms with Crippen molar-refractivity contribution in [3.05, 3.63) is 64.4 Å². The van der Waals surface area contributed by atoms with E-state index in [-0.39, 0.29) is 23.4 Å². The van der Waals surface area contributed by atoms with Gasteiger partial charge in [0, 0.05) is 18.3 Å². The van der Waals surface area contributed by atoms with Gasteiger partial charge in [-0.2, -0.15) is 0 Å². The summed E-state index contributed by atoms with van der Waals surface area (Å²) >= 11 is 5.88. The molecule has 1 heterocycles. The summed E-state index contributed by atoms with van der Waals surface area (Å²) in [5.41, 5.74) is 1.04.